The fourth-order valence-electron chi connectivity index (χ4n) is 4.02. The monoisotopic (exact) mass is 476 g/mol. The molecule has 2 aliphatic heterocycles. The van der Waals surface area contributed by atoms with E-state index in [0.717, 1.165) is 46.6 Å². The number of ether oxygens (including phenoxy) is 2. The molecular weight excluding hydrogens is 451 g/mol. The van der Waals surface area contributed by atoms with Crippen LogP contribution in [0.4, 0.5) is 10.1 Å². The van der Waals surface area contributed by atoms with E-state index in [1.165, 1.54) is 6.92 Å². The average molecular weight is 477 g/mol. The molecule has 33 heavy (non-hydrogen) atoms. The molecule has 0 bridgehead atoms. The Morgan fingerprint density at radius 3 is 2.58 bits per heavy atom. The Balaban J connectivity index is 1.51. The molecule has 1 atom stereocenters. The van der Waals surface area contributed by atoms with Crippen LogP contribution in [0.3, 0.4) is 0 Å². The predicted octanol–water partition coefficient (Wildman–Crippen LogP) is 2.37. The van der Waals surface area contributed by atoms with Gasteiger partial charge in [-0.3, -0.25) is 4.79 Å². The van der Waals surface area contributed by atoms with Crippen LogP contribution in [0, 0.1) is 5.82 Å². The third kappa shape index (κ3) is 4.78. The summed E-state index contributed by atoms with van der Waals surface area (Å²) >= 11 is 0. The summed E-state index contributed by atoms with van der Waals surface area (Å²) in [5.41, 5.74) is 1.69. The van der Waals surface area contributed by atoms with Crippen LogP contribution < -0.4 is 4.90 Å². The molecule has 1 fully saturated rings. The van der Waals surface area contributed by atoms with Crippen molar-refractivity contribution in [2.24, 2.45) is 0 Å². The van der Waals surface area contributed by atoms with E-state index in [0.29, 0.717) is 6.54 Å². The highest BCUT2D eigenvalue weighted by atomic mass is 32.2. The van der Waals surface area contributed by atoms with Gasteiger partial charge < -0.3 is 14.4 Å². The summed E-state index contributed by atoms with van der Waals surface area (Å²) in [7, 11) is -4.15. The number of nitrogens with zero attached hydrogens (tertiary/aromatic N) is 2. The molecule has 0 aromatic heterocycles. The van der Waals surface area contributed by atoms with Gasteiger partial charge in [0.1, 0.15) is 10.7 Å². The number of anilines is 1. The summed E-state index contributed by atoms with van der Waals surface area (Å²) in [5, 5.41) is 0. The number of aryl methyl sites for hydroxylation is 1. The number of para-hydroxylation sites is 1. The second-order valence-corrected chi connectivity index (χ2v) is 9.84. The molecule has 8 nitrogen and oxygen atoms in total. The quantitative estimate of drug-likeness (QED) is 0.616. The van der Waals surface area contributed by atoms with Gasteiger partial charge >= 0.3 is 5.97 Å². The summed E-state index contributed by atoms with van der Waals surface area (Å²) in [6, 6.07) is 10.6. The fraction of sp³-hybridized carbons (Fsp3) is 0.391. The molecule has 2 aromatic carbocycles. The number of hydrogen-bond donors (Lipinski definition) is 0. The van der Waals surface area contributed by atoms with E-state index in [4.69, 9.17) is 9.47 Å². The minimum Gasteiger partial charge on any atom is -0.449 e. The second kappa shape index (κ2) is 9.58. The lowest BCUT2D eigenvalue weighted by Crippen LogP contribution is -2.42. The smallest absolute Gasteiger partial charge is 0.338 e. The number of fused-ring (bicyclic) bond motifs is 1. The molecule has 10 heteroatoms. The summed E-state index contributed by atoms with van der Waals surface area (Å²) in [6.45, 7) is 2.59. The van der Waals surface area contributed by atoms with Crippen molar-refractivity contribution in [1.29, 1.82) is 0 Å². The Hall–Kier alpha value is -2.82. The van der Waals surface area contributed by atoms with Crippen molar-refractivity contribution in [3.8, 4) is 0 Å². The number of morpholine rings is 1. The van der Waals surface area contributed by atoms with Gasteiger partial charge in [0.05, 0.1) is 18.8 Å². The zero-order valence-corrected chi connectivity index (χ0v) is 19.0. The Morgan fingerprint density at radius 1 is 1.09 bits per heavy atom. The third-order valence-corrected chi connectivity index (χ3v) is 7.68. The largest absolute Gasteiger partial charge is 0.449 e. The number of esters is 1. The van der Waals surface area contributed by atoms with Gasteiger partial charge in [-0.25, -0.2) is 17.6 Å². The Morgan fingerprint density at radius 2 is 1.82 bits per heavy atom. The van der Waals surface area contributed by atoms with Crippen molar-refractivity contribution < 1.29 is 31.9 Å². The standard InChI is InChI=1S/C23H25FN2O6S/c1-16(22(27)26-10-4-6-17-5-2-3-7-20(17)26)32-23(28)18-8-9-19(24)21(15-18)33(29,30)25-11-13-31-14-12-25/h2-3,5,7-9,15-16H,4,6,10-14H2,1H3/t16-/m0/s1. The highest BCUT2D eigenvalue weighted by molar-refractivity contribution is 7.89. The number of amides is 1. The van der Waals surface area contributed by atoms with Crippen LogP contribution in [0.15, 0.2) is 47.4 Å². The molecule has 2 heterocycles. The lowest BCUT2D eigenvalue weighted by Gasteiger charge is -2.31. The van der Waals surface area contributed by atoms with Gasteiger partial charge in [-0.15, -0.1) is 0 Å². The summed E-state index contributed by atoms with van der Waals surface area (Å²) in [6.07, 6.45) is 0.557. The molecule has 0 N–H and O–H groups in total. The van der Waals surface area contributed by atoms with Gasteiger partial charge in [-0.1, -0.05) is 18.2 Å². The van der Waals surface area contributed by atoms with E-state index in [-0.39, 0.29) is 37.8 Å². The van der Waals surface area contributed by atoms with E-state index in [1.54, 1.807) is 4.90 Å². The topological polar surface area (TPSA) is 93.2 Å². The molecule has 0 unspecified atom stereocenters. The van der Waals surface area contributed by atoms with Crippen LogP contribution in [0.5, 0.6) is 0 Å². The van der Waals surface area contributed by atoms with Crippen LogP contribution in [-0.4, -0.2) is 63.6 Å². The van der Waals surface area contributed by atoms with Gasteiger partial charge in [-0.05, 0) is 49.6 Å². The van der Waals surface area contributed by atoms with Gasteiger partial charge in [0, 0.05) is 25.3 Å². The number of halogens is 1. The van der Waals surface area contributed by atoms with Crippen LogP contribution in [0.1, 0.15) is 29.3 Å². The van der Waals surface area contributed by atoms with E-state index in [2.05, 4.69) is 0 Å². The zero-order valence-electron chi connectivity index (χ0n) is 18.2. The van der Waals surface area contributed by atoms with Crippen LogP contribution >= 0.6 is 0 Å². The second-order valence-electron chi connectivity index (χ2n) is 7.93. The van der Waals surface area contributed by atoms with Crippen molar-refractivity contribution >= 4 is 27.6 Å². The van der Waals surface area contributed by atoms with Crippen molar-refractivity contribution in [2.75, 3.05) is 37.7 Å². The van der Waals surface area contributed by atoms with Crippen molar-refractivity contribution in [1.82, 2.24) is 4.31 Å². The van der Waals surface area contributed by atoms with Crippen LogP contribution in [-0.2, 0) is 30.7 Å². The molecule has 1 saturated heterocycles. The Bertz CT molecular complexity index is 1160. The fourth-order valence-corrected chi connectivity index (χ4v) is 5.51. The lowest BCUT2D eigenvalue weighted by molar-refractivity contribution is -0.126. The SMILES string of the molecule is C[C@H](OC(=O)c1ccc(F)c(S(=O)(=O)N2CCOCC2)c1)C(=O)N1CCCc2ccccc21. The number of sulfonamides is 1. The van der Waals surface area contributed by atoms with Gasteiger partial charge in [0.15, 0.2) is 6.10 Å². The number of benzene rings is 2. The average Bonchev–Trinajstić information content (AvgIpc) is 2.83. The molecule has 1 amide bonds. The van der Waals surface area contributed by atoms with Crippen molar-refractivity contribution in [3.63, 3.8) is 0 Å². The third-order valence-electron chi connectivity index (χ3n) is 5.76. The maximum absolute atomic E-state index is 14.4. The number of hydrogen-bond acceptors (Lipinski definition) is 6. The molecule has 0 saturated carbocycles. The number of rotatable bonds is 5. The Kier molecular flexibility index (Phi) is 6.78. The summed E-state index contributed by atoms with van der Waals surface area (Å²) < 4.78 is 51.7. The molecule has 4 rings (SSSR count). The first-order valence-corrected chi connectivity index (χ1v) is 12.2. The Labute approximate surface area is 191 Å². The normalized spacial score (nSPS) is 17.8. The van der Waals surface area contributed by atoms with E-state index in [1.807, 2.05) is 24.3 Å². The first kappa shape index (κ1) is 23.3. The van der Waals surface area contributed by atoms with Gasteiger partial charge in [-0.2, -0.15) is 4.31 Å². The highest BCUT2D eigenvalue weighted by Crippen LogP contribution is 2.28. The summed E-state index contributed by atoms with van der Waals surface area (Å²) in [5.74, 6) is -2.24. The predicted molar refractivity (Wildman–Crippen MR) is 118 cm³/mol. The van der Waals surface area contributed by atoms with E-state index >= 15 is 0 Å². The maximum atomic E-state index is 14.4. The minimum atomic E-state index is -4.15. The number of carbonyl (C=O) groups is 2. The van der Waals surface area contributed by atoms with E-state index in [9.17, 15) is 22.4 Å². The lowest BCUT2D eigenvalue weighted by atomic mass is 10.0. The summed E-state index contributed by atoms with van der Waals surface area (Å²) in [4.78, 5) is 26.7. The molecule has 0 radical (unpaired) electrons. The van der Waals surface area contributed by atoms with Gasteiger partial charge in [0.25, 0.3) is 5.91 Å². The molecule has 2 aromatic rings. The van der Waals surface area contributed by atoms with Crippen molar-refractivity contribution in [2.45, 2.75) is 30.8 Å². The molecule has 2 aliphatic rings. The zero-order chi connectivity index (χ0) is 23.6. The molecular formula is C23H25FN2O6S. The first-order chi connectivity index (χ1) is 15.8. The molecule has 0 spiro atoms. The first-order valence-electron chi connectivity index (χ1n) is 10.8. The van der Waals surface area contributed by atoms with Crippen LogP contribution in [0.2, 0.25) is 0 Å². The molecule has 176 valence electrons. The van der Waals surface area contributed by atoms with E-state index < -0.39 is 32.8 Å². The maximum Gasteiger partial charge on any atom is 0.338 e. The van der Waals surface area contributed by atoms with Gasteiger partial charge in [0.2, 0.25) is 10.0 Å². The highest BCUT2D eigenvalue weighted by Gasteiger charge is 2.32. The van der Waals surface area contributed by atoms with Crippen molar-refractivity contribution in [3.05, 3.63) is 59.4 Å². The number of carbonyl (C=O) groups excluding carboxylic acids is 2. The molecule has 0 aliphatic carbocycles. The van der Waals surface area contributed by atoms with Crippen LogP contribution in [0.25, 0.3) is 0 Å². The minimum absolute atomic E-state index is 0.0965.